The lowest BCUT2D eigenvalue weighted by Gasteiger charge is -2.12. The summed E-state index contributed by atoms with van der Waals surface area (Å²) in [5.41, 5.74) is 8.79. The second-order valence-electron chi connectivity index (χ2n) is 18.5. The van der Waals surface area contributed by atoms with Gasteiger partial charge in [-0.05, 0) is 122 Å². The van der Waals surface area contributed by atoms with Gasteiger partial charge in [0.2, 0.25) is 0 Å². The highest BCUT2D eigenvalue weighted by Gasteiger charge is 2.33. The Morgan fingerprint density at radius 2 is 0.644 bits per heavy atom. The Labute approximate surface area is 412 Å². The molecule has 9 aromatic carbocycles. The van der Waals surface area contributed by atoms with Crippen LogP contribution in [-0.2, 0) is 12.4 Å². The Balaban J connectivity index is 1.05. The van der Waals surface area contributed by atoms with E-state index in [4.69, 9.17) is 15.0 Å². The number of benzene rings is 9. The van der Waals surface area contributed by atoms with Crippen LogP contribution in [0.25, 0.3) is 117 Å². The lowest BCUT2D eigenvalue weighted by atomic mass is 10.1. The van der Waals surface area contributed by atoms with Crippen LogP contribution >= 0.6 is 0 Å². The first-order valence-corrected chi connectivity index (χ1v) is 23.6. The average molecular weight is 969 g/mol. The molecule has 0 atom stereocenters. The third-order valence-electron chi connectivity index (χ3n) is 13.8. The first-order chi connectivity index (χ1) is 35.2. The Morgan fingerprint density at radius 3 is 1.04 bits per heavy atom. The van der Waals surface area contributed by atoms with E-state index in [-0.39, 0.29) is 0 Å². The van der Waals surface area contributed by atoms with E-state index in [1.165, 1.54) is 24.3 Å². The first kappa shape index (κ1) is 44.0. The summed E-state index contributed by atoms with van der Waals surface area (Å²) in [6, 6.07) is 58.6. The summed E-state index contributed by atoms with van der Waals surface area (Å²) in [6.07, 6.45) is -9.14. The monoisotopic (exact) mass is 968 g/mol. The molecule has 0 fully saturated rings. The van der Waals surface area contributed by atoms with Crippen molar-refractivity contribution in [2.24, 2.45) is 0 Å². The van der Waals surface area contributed by atoms with Crippen molar-refractivity contribution < 1.29 is 26.3 Å². The average Bonchev–Trinajstić information content (AvgIpc) is 4.02. The Morgan fingerprint density at radius 1 is 0.301 bits per heavy atom. The van der Waals surface area contributed by atoms with E-state index < -0.39 is 23.5 Å². The number of fused-ring (bicyclic) bond motifs is 9. The second kappa shape index (κ2) is 16.3. The fourth-order valence-electron chi connectivity index (χ4n) is 10.4. The minimum atomic E-state index is -4.57. The minimum absolute atomic E-state index is 0.403. The number of aromatic nitrogens is 6. The third kappa shape index (κ3) is 7.31. The summed E-state index contributed by atoms with van der Waals surface area (Å²) in [5, 5.41) is 4.53. The van der Waals surface area contributed by atoms with Crippen molar-refractivity contribution in [3.63, 3.8) is 0 Å². The molecule has 0 aliphatic carbocycles. The van der Waals surface area contributed by atoms with Gasteiger partial charge in [0.1, 0.15) is 0 Å². The van der Waals surface area contributed by atoms with Gasteiger partial charge in [0.15, 0.2) is 17.5 Å². The lowest BCUT2D eigenvalue weighted by molar-refractivity contribution is -0.138. The van der Waals surface area contributed by atoms with Gasteiger partial charge in [-0.2, -0.15) is 26.3 Å². The number of hydrogen-bond acceptors (Lipinski definition) is 3. The maximum atomic E-state index is 14.4. The summed E-state index contributed by atoms with van der Waals surface area (Å²) in [4.78, 5) is 14.7. The Hall–Kier alpha value is -9.03. The molecule has 4 aromatic heterocycles. The molecule has 354 valence electrons. The van der Waals surface area contributed by atoms with Crippen molar-refractivity contribution in [1.29, 1.82) is 0 Å². The van der Waals surface area contributed by atoms with Gasteiger partial charge in [0.25, 0.3) is 0 Å². The van der Waals surface area contributed by atoms with E-state index in [1.54, 1.807) is 0 Å². The topological polar surface area (TPSA) is 53.5 Å². The van der Waals surface area contributed by atoms with Gasteiger partial charge in [0.05, 0.1) is 44.2 Å². The zero-order chi connectivity index (χ0) is 49.9. The molecule has 0 spiro atoms. The highest BCUT2D eigenvalue weighted by Crippen LogP contribution is 2.43. The van der Waals surface area contributed by atoms with Crippen LogP contribution in [0.15, 0.2) is 194 Å². The number of rotatable bonds is 6. The van der Waals surface area contributed by atoms with Crippen LogP contribution in [-0.4, -0.2) is 28.7 Å². The molecule has 0 aliphatic rings. The maximum Gasteiger partial charge on any atom is 0.416 e. The molecule has 0 aliphatic heterocycles. The minimum Gasteiger partial charge on any atom is -0.309 e. The fourth-order valence-corrected chi connectivity index (χ4v) is 10.4. The zero-order valence-electron chi connectivity index (χ0n) is 38.9. The number of alkyl halides is 6. The van der Waals surface area contributed by atoms with Crippen LogP contribution in [0.1, 0.15) is 22.3 Å². The smallest absolute Gasteiger partial charge is 0.309 e. The summed E-state index contributed by atoms with van der Waals surface area (Å²) < 4.78 is 92.2. The van der Waals surface area contributed by atoms with Crippen molar-refractivity contribution in [3.8, 4) is 51.2 Å². The molecule has 0 unspecified atom stereocenters. The molecule has 13 aromatic rings. The van der Waals surface area contributed by atoms with Gasteiger partial charge in [-0.3, -0.25) is 0 Å². The van der Waals surface area contributed by atoms with Crippen LogP contribution in [0.3, 0.4) is 0 Å². The van der Waals surface area contributed by atoms with E-state index in [2.05, 4.69) is 4.57 Å². The maximum absolute atomic E-state index is 14.4. The van der Waals surface area contributed by atoms with Gasteiger partial charge in [-0.25, -0.2) is 15.0 Å². The molecule has 6 nitrogen and oxygen atoms in total. The SMILES string of the molecule is Cc1ccc2c3ccc(C(F)(F)F)cc3n(-c3ccc4c(c3)c3cc(-n5c6cc(C)ccc6c6ccc(C(F)(F)F)cc65)ccc3n4-c3ccc(-c4nc(-c5ccccc5)nc(-c5ccccc5)n4)cc3)c2c1. The van der Waals surface area contributed by atoms with Gasteiger partial charge >= 0.3 is 12.4 Å². The van der Waals surface area contributed by atoms with E-state index in [0.29, 0.717) is 50.7 Å². The summed E-state index contributed by atoms with van der Waals surface area (Å²) in [7, 11) is 0. The third-order valence-corrected chi connectivity index (χ3v) is 13.8. The highest BCUT2D eigenvalue weighted by atomic mass is 19.4. The molecule has 73 heavy (non-hydrogen) atoms. The fraction of sp³-hybridized carbons (Fsp3) is 0.0656. The van der Waals surface area contributed by atoms with E-state index in [9.17, 15) is 26.3 Å². The van der Waals surface area contributed by atoms with E-state index in [0.717, 1.165) is 89.2 Å². The molecule has 0 saturated heterocycles. The van der Waals surface area contributed by atoms with Crippen LogP contribution in [0.2, 0.25) is 0 Å². The molecule has 4 heterocycles. The first-order valence-electron chi connectivity index (χ1n) is 23.6. The molecular weight excluding hydrogens is 931 g/mol. The number of nitrogens with zero attached hydrogens (tertiary/aromatic N) is 6. The number of hydrogen-bond donors (Lipinski definition) is 0. The van der Waals surface area contributed by atoms with Crippen LogP contribution < -0.4 is 0 Å². The number of halogens is 6. The quantitative estimate of drug-likeness (QED) is 0.156. The molecule has 0 radical (unpaired) electrons. The van der Waals surface area contributed by atoms with Gasteiger partial charge in [-0.15, -0.1) is 0 Å². The summed E-state index contributed by atoms with van der Waals surface area (Å²) in [5.74, 6) is 1.55. The normalized spacial score (nSPS) is 12.4. The Kier molecular flexibility index (Phi) is 9.79. The van der Waals surface area contributed by atoms with Crippen molar-refractivity contribution in [1.82, 2.24) is 28.7 Å². The molecule has 0 saturated carbocycles. The highest BCUT2D eigenvalue weighted by molar-refractivity contribution is 6.14. The van der Waals surface area contributed by atoms with Gasteiger partial charge in [-0.1, -0.05) is 97.1 Å². The standard InChI is InChI=1S/C61H38F6N6/c1-35-13-23-45-47-25-17-40(60(62,63)64)31-55(47)72(53(45)29-35)43-21-27-51-49(33-43)50-34-44(73-54-30-36(2)14-24-46(54)48-26-18-41(32-56(48)73)61(65,66)67)22-28-52(50)71(51)42-19-15-39(16-20-42)59-69-57(37-9-5-3-6-10-37)68-58(70-59)38-11-7-4-8-12-38/h3-34H,1-2H3. The van der Waals surface area contributed by atoms with Crippen LogP contribution in [0.5, 0.6) is 0 Å². The summed E-state index contributed by atoms with van der Waals surface area (Å²) >= 11 is 0. The van der Waals surface area contributed by atoms with Gasteiger partial charge in [0, 0.05) is 66.1 Å². The molecule has 0 N–H and O–H groups in total. The van der Waals surface area contributed by atoms with E-state index >= 15 is 0 Å². The van der Waals surface area contributed by atoms with Crippen molar-refractivity contribution >= 4 is 65.4 Å². The predicted octanol–water partition coefficient (Wildman–Crippen LogP) is 16.8. The predicted molar refractivity (Wildman–Crippen MR) is 279 cm³/mol. The van der Waals surface area contributed by atoms with Crippen molar-refractivity contribution in [2.75, 3.05) is 0 Å². The molecule has 12 heteroatoms. The molecular formula is C61H38F6N6. The van der Waals surface area contributed by atoms with E-state index in [1.807, 2.05) is 181 Å². The molecule has 0 bridgehead atoms. The number of aryl methyl sites for hydroxylation is 2. The zero-order valence-corrected chi connectivity index (χ0v) is 38.9. The Bertz CT molecular complexity index is 4100. The summed E-state index contributed by atoms with van der Waals surface area (Å²) in [6.45, 7) is 3.90. The van der Waals surface area contributed by atoms with Crippen molar-refractivity contribution in [3.05, 3.63) is 216 Å². The van der Waals surface area contributed by atoms with Crippen LogP contribution in [0, 0.1) is 13.8 Å². The second-order valence-corrected chi connectivity index (χ2v) is 18.5. The molecule has 0 amide bonds. The van der Waals surface area contributed by atoms with Gasteiger partial charge < -0.3 is 13.7 Å². The van der Waals surface area contributed by atoms with Crippen molar-refractivity contribution in [2.45, 2.75) is 26.2 Å². The largest absolute Gasteiger partial charge is 0.416 e. The lowest BCUT2D eigenvalue weighted by Crippen LogP contribution is -2.05. The molecule has 13 rings (SSSR count). The van der Waals surface area contributed by atoms with Crippen LogP contribution in [0.4, 0.5) is 26.3 Å².